The Hall–Kier alpha value is -0.800. The summed E-state index contributed by atoms with van der Waals surface area (Å²) >= 11 is 0. The molecular weight excluding hydrogens is 312 g/mol. The lowest BCUT2D eigenvalue weighted by atomic mass is 10.1. The van der Waals surface area contributed by atoms with Gasteiger partial charge in [-0.15, -0.1) is 0 Å². The quantitative estimate of drug-likeness (QED) is 0.766. The predicted molar refractivity (Wildman–Crippen MR) is 83.8 cm³/mol. The molecule has 0 heterocycles. The van der Waals surface area contributed by atoms with Crippen LogP contribution in [0.3, 0.4) is 0 Å². The van der Waals surface area contributed by atoms with E-state index in [-0.39, 0.29) is 12.6 Å². The molecule has 0 fully saturated rings. The van der Waals surface area contributed by atoms with E-state index in [2.05, 4.69) is 4.72 Å². The molecule has 0 aromatic heterocycles. The van der Waals surface area contributed by atoms with Crippen LogP contribution in [0, 0.1) is 0 Å². The van der Waals surface area contributed by atoms with Crippen molar-refractivity contribution in [2.45, 2.75) is 17.9 Å². The fourth-order valence-corrected chi connectivity index (χ4v) is 3.27. The highest BCUT2D eigenvalue weighted by Gasteiger charge is 2.20. The maximum atomic E-state index is 12.1. The van der Waals surface area contributed by atoms with Crippen LogP contribution in [0.15, 0.2) is 29.2 Å². The van der Waals surface area contributed by atoms with Gasteiger partial charge in [0.05, 0.1) is 6.61 Å². The van der Waals surface area contributed by atoms with Crippen molar-refractivity contribution in [3.05, 3.63) is 29.8 Å². The van der Waals surface area contributed by atoms with Crippen LogP contribution in [-0.4, -0.2) is 50.5 Å². The summed E-state index contributed by atoms with van der Waals surface area (Å²) in [5.41, 5.74) is 0.813. The topological polar surface area (TPSA) is 75.7 Å². The Balaban J connectivity index is 2.75. The maximum absolute atomic E-state index is 12.1. The van der Waals surface area contributed by atoms with E-state index >= 15 is 0 Å². The summed E-state index contributed by atoms with van der Waals surface area (Å²) in [6, 6.07) is 6.66. The van der Waals surface area contributed by atoms with Crippen LogP contribution < -0.4 is 4.72 Å². The molecule has 0 aliphatic rings. The van der Waals surface area contributed by atoms with Crippen molar-refractivity contribution < 1.29 is 17.4 Å². The molecule has 0 saturated heterocycles. The van der Waals surface area contributed by atoms with Crippen molar-refractivity contribution in [3.8, 4) is 0 Å². The largest absolute Gasteiger partial charge is 0.383 e. The number of ether oxygens (including phenoxy) is 1. The number of nitrogens with one attached hydrogen (secondary N) is 1. The highest BCUT2D eigenvalue weighted by molar-refractivity contribution is 7.87. The number of nitrogens with zero attached hydrogens (tertiary/aromatic N) is 1. The predicted octanol–water partition coefficient (Wildman–Crippen LogP) is 0.898. The molecule has 2 atom stereocenters. The highest BCUT2D eigenvalue weighted by atomic mass is 32.2. The Bertz CT molecular complexity index is 572. The minimum Gasteiger partial charge on any atom is -0.383 e. The van der Waals surface area contributed by atoms with Crippen molar-refractivity contribution in [1.29, 1.82) is 0 Å². The van der Waals surface area contributed by atoms with Crippen LogP contribution in [0.25, 0.3) is 0 Å². The zero-order valence-corrected chi connectivity index (χ0v) is 14.3. The van der Waals surface area contributed by atoms with Crippen LogP contribution >= 0.6 is 0 Å². The van der Waals surface area contributed by atoms with E-state index < -0.39 is 21.0 Å². The smallest absolute Gasteiger partial charge is 0.279 e. The Morgan fingerprint density at radius 3 is 2.38 bits per heavy atom. The van der Waals surface area contributed by atoms with Gasteiger partial charge in [0.2, 0.25) is 0 Å². The van der Waals surface area contributed by atoms with E-state index in [0.717, 1.165) is 5.56 Å². The number of rotatable bonds is 8. The van der Waals surface area contributed by atoms with Gasteiger partial charge in [0.1, 0.15) is 0 Å². The third-order valence-corrected chi connectivity index (χ3v) is 5.65. The molecule has 8 heteroatoms. The lowest BCUT2D eigenvalue weighted by Crippen LogP contribution is -2.40. The van der Waals surface area contributed by atoms with Crippen LogP contribution in [0.1, 0.15) is 18.5 Å². The van der Waals surface area contributed by atoms with Gasteiger partial charge >= 0.3 is 0 Å². The molecule has 1 rings (SSSR count). The van der Waals surface area contributed by atoms with Gasteiger partial charge in [0.15, 0.2) is 0 Å². The molecule has 0 spiro atoms. The van der Waals surface area contributed by atoms with Gasteiger partial charge < -0.3 is 4.74 Å². The second-order valence-electron chi connectivity index (χ2n) is 4.68. The summed E-state index contributed by atoms with van der Waals surface area (Å²) in [5, 5.41) is 0. The standard InChI is InChI=1S/C13H22N2O4S2/c1-11(12-5-7-13(8-6-12)20(4)16)14-21(17,18)15(2)9-10-19-3/h5-8,11,14H,9-10H2,1-4H3/t11-,20-/m0/s1. The van der Waals surface area contributed by atoms with Gasteiger partial charge in [-0.3, -0.25) is 4.21 Å². The number of hydrogen-bond donors (Lipinski definition) is 1. The molecule has 1 N–H and O–H groups in total. The van der Waals surface area contributed by atoms with Gasteiger partial charge in [-0.2, -0.15) is 17.4 Å². The second kappa shape index (κ2) is 8.00. The lowest BCUT2D eigenvalue weighted by Gasteiger charge is -2.21. The summed E-state index contributed by atoms with van der Waals surface area (Å²) < 4.78 is 44.2. The zero-order chi connectivity index (χ0) is 16.0. The molecule has 6 nitrogen and oxygen atoms in total. The fourth-order valence-electron chi connectivity index (χ4n) is 1.67. The van der Waals surface area contributed by atoms with E-state index in [0.29, 0.717) is 11.5 Å². The van der Waals surface area contributed by atoms with E-state index in [1.54, 1.807) is 37.4 Å². The maximum Gasteiger partial charge on any atom is 0.279 e. The van der Waals surface area contributed by atoms with E-state index in [4.69, 9.17) is 4.74 Å². The average molecular weight is 334 g/mol. The Kier molecular flexibility index (Phi) is 6.95. The molecule has 0 aliphatic carbocycles. The second-order valence-corrected chi connectivity index (χ2v) is 7.87. The molecular formula is C13H22N2O4S2. The van der Waals surface area contributed by atoms with Crippen LogP contribution in [-0.2, 0) is 25.7 Å². The zero-order valence-electron chi connectivity index (χ0n) is 12.7. The molecule has 0 aliphatic heterocycles. The van der Waals surface area contributed by atoms with Crippen molar-refractivity contribution in [3.63, 3.8) is 0 Å². The van der Waals surface area contributed by atoms with Crippen molar-refractivity contribution in [2.24, 2.45) is 0 Å². The Labute approximate surface area is 129 Å². The molecule has 120 valence electrons. The fraction of sp³-hybridized carbons (Fsp3) is 0.538. The minimum absolute atomic E-state index is 0.284. The molecule has 1 aromatic rings. The molecule has 0 amide bonds. The molecule has 0 radical (unpaired) electrons. The monoisotopic (exact) mass is 334 g/mol. The van der Waals surface area contributed by atoms with Gasteiger partial charge in [-0.05, 0) is 24.6 Å². The van der Waals surface area contributed by atoms with Crippen LogP contribution in [0.2, 0.25) is 0 Å². The number of methoxy groups -OCH3 is 1. The Morgan fingerprint density at radius 1 is 1.33 bits per heavy atom. The normalized spacial score (nSPS) is 15.1. The summed E-state index contributed by atoms with van der Waals surface area (Å²) in [6.07, 6.45) is 1.60. The number of hydrogen-bond acceptors (Lipinski definition) is 4. The first-order valence-corrected chi connectivity index (χ1v) is 9.43. The first-order valence-electron chi connectivity index (χ1n) is 6.44. The third-order valence-electron chi connectivity index (χ3n) is 3.06. The first-order chi connectivity index (χ1) is 9.77. The summed E-state index contributed by atoms with van der Waals surface area (Å²) in [4.78, 5) is 0.714. The first kappa shape index (κ1) is 18.2. The van der Waals surface area contributed by atoms with Crippen molar-refractivity contribution >= 4 is 21.0 Å². The minimum atomic E-state index is -3.56. The molecule has 21 heavy (non-hydrogen) atoms. The molecule has 0 unspecified atom stereocenters. The number of benzene rings is 1. The van der Waals surface area contributed by atoms with E-state index in [1.165, 1.54) is 18.5 Å². The molecule has 1 aromatic carbocycles. The van der Waals surface area contributed by atoms with Crippen LogP contribution in [0.4, 0.5) is 0 Å². The van der Waals surface area contributed by atoms with E-state index in [1.807, 2.05) is 0 Å². The van der Waals surface area contributed by atoms with Gasteiger partial charge in [-0.25, -0.2) is 0 Å². The van der Waals surface area contributed by atoms with Crippen molar-refractivity contribution in [2.75, 3.05) is 33.6 Å². The van der Waals surface area contributed by atoms with Crippen LogP contribution in [0.5, 0.6) is 0 Å². The lowest BCUT2D eigenvalue weighted by molar-refractivity contribution is 0.184. The Morgan fingerprint density at radius 2 is 1.90 bits per heavy atom. The van der Waals surface area contributed by atoms with E-state index in [9.17, 15) is 12.6 Å². The van der Waals surface area contributed by atoms with Crippen molar-refractivity contribution in [1.82, 2.24) is 9.03 Å². The molecule has 0 saturated carbocycles. The van der Waals surface area contributed by atoms with Gasteiger partial charge in [0, 0.05) is 48.7 Å². The number of likely N-dealkylation sites (N-methyl/N-ethyl adjacent to an activating group) is 1. The summed E-state index contributed by atoms with van der Waals surface area (Å²) in [6.45, 7) is 2.38. The highest BCUT2D eigenvalue weighted by Crippen LogP contribution is 2.16. The summed E-state index contributed by atoms with van der Waals surface area (Å²) in [5.74, 6) is 0. The average Bonchev–Trinajstić information content (AvgIpc) is 2.44. The van der Waals surface area contributed by atoms with Gasteiger partial charge in [-0.1, -0.05) is 12.1 Å². The SMILES string of the molecule is COCCN(C)S(=O)(=O)N[C@@H](C)c1ccc([S@](C)=O)cc1. The van der Waals surface area contributed by atoms with Gasteiger partial charge in [0.25, 0.3) is 10.2 Å². The molecule has 0 bridgehead atoms. The summed E-state index contributed by atoms with van der Waals surface area (Å²) in [7, 11) is -1.58. The third kappa shape index (κ3) is 5.48.